The van der Waals surface area contributed by atoms with Crippen molar-refractivity contribution in [2.24, 2.45) is 5.73 Å². The van der Waals surface area contributed by atoms with Gasteiger partial charge in [-0.15, -0.1) is 0 Å². The van der Waals surface area contributed by atoms with Gasteiger partial charge in [0, 0.05) is 33.8 Å². The number of ketones is 1. The Labute approximate surface area is 233 Å². The van der Waals surface area contributed by atoms with Crippen LogP contribution in [0.5, 0.6) is 0 Å². The van der Waals surface area contributed by atoms with E-state index in [2.05, 4.69) is 6.07 Å². The van der Waals surface area contributed by atoms with Crippen LogP contribution in [-0.4, -0.2) is 10.7 Å². The lowest BCUT2D eigenvalue weighted by Crippen LogP contribution is -2.40. The number of nitriles is 1. The number of allylic oxidation sites excluding steroid dienone is 3. The second kappa shape index (κ2) is 10.1. The van der Waals surface area contributed by atoms with Crippen molar-refractivity contribution < 1.29 is 9.72 Å². The normalized spacial score (nSPS) is 19.3. The molecular weight excluding hydrogens is 547 g/mol. The number of hydrogen-bond donors (Lipinski definition) is 1. The number of carbonyl (C=O) groups is 1. The van der Waals surface area contributed by atoms with Gasteiger partial charge in [-0.05, 0) is 47.7 Å². The highest BCUT2D eigenvalue weighted by molar-refractivity contribution is 6.35. The van der Waals surface area contributed by atoms with Gasteiger partial charge < -0.3 is 5.73 Å². The molecule has 0 amide bonds. The molecule has 0 fully saturated rings. The fourth-order valence-corrected chi connectivity index (χ4v) is 5.94. The van der Waals surface area contributed by atoms with Gasteiger partial charge in [-0.2, -0.15) is 5.26 Å². The van der Waals surface area contributed by atoms with Gasteiger partial charge in [0.15, 0.2) is 5.78 Å². The van der Waals surface area contributed by atoms with Crippen LogP contribution < -0.4 is 10.6 Å². The Hall–Kier alpha value is -3.83. The maximum atomic E-state index is 13.9. The van der Waals surface area contributed by atoms with Crippen LogP contribution in [0, 0.1) is 21.4 Å². The molecule has 1 heterocycles. The fourth-order valence-electron chi connectivity index (χ4n) is 5.24. The molecule has 1 aliphatic carbocycles. The molecule has 0 unspecified atom stereocenters. The smallest absolute Gasteiger partial charge is 0.288 e. The first-order chi connectivity index (χ1) is 18.2. The average Bonchev–Trinajstić information content (AvgIpc) is 2.88. The minimum absolute atomic E-state index is 0.0477. The Morgan fingerprint density at radius 3 is 2.29 bits per heavy atom. The molecule has 0 bridgehead atoms. The third kappa shape index (κ3) is 4.52. The second-order valence-electron chi connectivity index (χ2n) is 9.07. The minimum Gasteiger partial charge on any atom is -0.384 e. The predicted octanol–water partition coefficient (Wildman–Crippen LogP) is 7.25. The minimum atomic E-state index is -0.902. The van der Waals surface area contributed by atoms with Crippen molar-refractivity contribution in [2.45, 2.75) is 24.7 Å². The van der Waals surface area contributed by atoms with Crippen LogP contribution in [0.3, 0.4) is 0 Å². The highest BCUT2D eigenvalue weighted by Gasteiger charge is 2.43. The number of benzene rings is 3. The molecule has 2 N–H and O–H groups in total. The van der Waals surface area contributed by atoms with Crippen molar-refractivity contribution in [1.29, 1.82) is 5.26 Å². The number of nitrogens with zero attached hydrogens (tertiary/aromatic N) is 3. The summed E-state index contributed by atoms with van der Waals surface area (Å²) in [5.74, 6) is -1.13. The molecule has 0 saturated carbocycles. The Morgan fingerprint density at radius 2 is 1.66 bits per heavy atom. The summed E-state index contributed by atoms with van der Waals surface area (Å²) in [5, 5.41) is 22.5. The van der Waals surface area contributed by atoms with Crippen LogP contribution in [-0.2, 0) is 4.79 Å². The summed E-state index contributed by atoms with van der Waals surface area (Å²) in [7, 11) is 0. The number of carbonyl (C=O) groups excluding carboxylic acids is 1. The van der Waals surface area contributed by atoms with Gasteiger partial charge in [0.1, 0.15) is 10.8 Å². The van der Waals surface area contributed by atoms with E-state index in [0.29, 0.717) is 39.0 Å². The Balaban J connectivity index is 1.77. The molecule has 5 rings (SSSR count). The molecular formula is C28H19Cl3N4O3. The summed E-state index contributed by atoms with van der Waals surface area (Å²) in [4.78, 5) is 26.6. The molecule has 10 heteroatoms. The Morgan fingerprint density at radius 1 is 0.974 bits per heavy atom. The zero-order valence-corrected chi connectivity index (χ0v) is 22.0. The number of hydrogen-bond acceptors (Lipinski definition) is 6. The van der Waals surface area contributed by atoms with Gasteiger partial charge in [0.05, 0.1) is 28.2 Å². The quantitative estimate of drug-likeness (QED) is 0.263. The lowest BCUT2D eigenvalue weighted by molar-refractivity contribution is -0.384. The van der Waals surface area contributed by atoms with E-state index in [1.807, 2.05) is 30.3 Å². The number of rotatable bonds is 4. The number of halogens is 3. The highest BCUT2D eigenvalue weighted by Crippen LogP contribution is 2.50. The van der Waals surface area contributed by atoms with Crippen molar-refractivity contribution in [3.05, 3.63) is 126 Å². The predicted molar refractivity (Wildman–Crippen MR) is 147 cm³/mol. The summed E-state index contributed by atoms with van der Waals surface area (Å²) < 4.78 is 0. The molecule has 1 aliphatic heterocycles. The first-order valence-corrected chi connectivity index (χ1v) is 12.7. The van der Waals surface area contributed by atoms with E-state index in [1.54, 1.807) is 29.2 Å². The number of nitrogens with two attached hydrogens (primary N) is 1. The molecule has 0 saturated heterocycles. The maximum Gasteiger partial charge on any atom is 0.288 e. The molecule has 2 atom stereocenters. The first kappa shape index (κ1) is 25.8. The lowest BCUT2D eigenvalue weighted by Gasteiger charge is -2.41. The van der Waals surface area contributed by atoms with Gasteiger partial charge in [0.2, 0.25) is 0 Å². The van der Waals surface area contributed by atoms with Crippen LogP contribution in [0.25, 0.3) is 0 Å². The van der Waals surface area contributed by atoms with Crippen molar-refractivity contribution in [2.75, 3.05) is 4.90 Å². The van der Waals surface area contributed by atoms with Crippen LogP contribution in [0.1, 0.15) is 35.8 Å². The standard InChI is InChI=1S/C28H19Cl3N4O3/c29-18-11-19(30)13-20(12-18)34-24-9-17(15-4-2-1-3-5-15)10-25(36)27(24)26(21(14-32)28(34)33)16-6-7-22(31)23(8-16)35(37)38/h1-8,11-13,17,26H,9-10,33H2/t17-,26+/m1/s1. The van der Waals surface area contributed by atoms with Crippen LogP contribution in [0.15, 0.2) is 89.4 Å². The molecule has 190 valence electrons. The average molecular weight is 566 g/mol. The number of Topliss-reactive ketones (excluding diaryl/α,β-unsaturated/α-hetero) is 1. The van der Waals surface area contributed by atoms with E-state index in [1.165, 1.54) is 12.1 Å². The SMILES string of the molecule is N#CC1=C(N)N(c2cc(Cl)cc(Cl)c2)C2=C(C(=O)C[C@H](c3ccccc3)C2)[C@H]1c1ccc(Cl)c([N+](=O)[O-])c1. The third-order valence-electron chi connectivity index (χ3n) is 6.84. The first-order valence-electron chi connectivity index (χ1n) is 11.6. The van der Waals surface area contributed by atoms with E-state index in [0.717, 1.165) is 5.56 Å². The molecule has 3 aromatic carbocycles. The molecule has 3 aromatic rings. The molecule has 0 radical (unpaired) electrons. The van der Waals surface area contributed by atoms with Crippen molar-refractivity contribution in [3.63, 3.8) is 0 Å². The summed E-state index contributed by atoms with van der Waals surface area (Å²) in [5.41, 5.74) is 9.23. The summed E-state index contributed by atoms with van der Waals surface area (Å²) in [6.07, 6.45) is 0.637. The van der Waals surface area contributed by atoms with Gasteiger partial charge in [0.25, 0.3) is 5.69 Å². The van der Waals surface area contributed by atoms with E-state index < -0.39 is 10.8 Å². The molecule has 0 spiro atoms. The number of nitro groups is 1. The van der Waals surface area contributed by atoms with Crippen LogP contribution in [0.2, 0.25) is 15.1 Å². The topological polar surface area (TPSA) is 113 Å². The van der Waals surface area contributed by atoms with Crippen LogP contribution in [0.4, 0.5) is 11.4 Å². The van der Waals surface area contributed by atoms with Crippen molar-refractivity contribution in [1.82, 2.24) is 0 Å². The van der Waals surface area contributed by atoms with E-state index in [-0.39, 0.29) is 40.2 Å². The molecule has 2 aliphatic rings. The van der Waals surface area contributed by atoms with E-state index in [4.69, 9.17) is 40.5 Å². The highest BCUT2D eigenvalue weighted by atomic mass is 35.5. The lowest BCUT2D eigenvalue weighted by atomic mass is 9.71. The summed E-state index contributed by atoms with van der Waals surface area (Å²) in [6.45, 7) is 0. The molecule has 0 aromatic heterocycles. The van der Waals surface area contributed by atoms with E-state index in [9.17, 15) is 20.2 Å². The zero-order valence-electron chi connectivity index (χ0n) is 19.7. The Kier molecular flexibility index (Phi) is 6.89. The van der Waals surface area contributed by atoms with Crippen molar-refractivity contribution in [3.8, 4) is 6.07 Å². The van der Waals surface area contributed by atoms with Crippen LogP contribution >= 0.6 is 34.8 Å². The molecule has 38 heavy (non-hydrogen) atoms. The Bertz CT molecular complexity index is 1570. The van der Waals surface area contributed by atoms with Gasteiger partial charge in [-0.25, -0.2) is 0 Å². The monoisotopic (exact) mass is 564 g/mol. The molecule has 7 nitrogen and oxygen atoms in total. The third-order valence-corrected chi connectivity index (χ3v) is 7.60. The van der Waals surface area contributed by atoms with Gasteiger partial charge in [-0.3, -0.25) is 19.8 Å². The fraction of sp³-hybridized carbons (Fsp3) is 0.143. The number of nitro benzene ring substituents is 1. The second-order valence-corrected chi connectivity index (χ2v) is 10.4. The van der Waals surface area contributed by atoms with E-state index >= 15 is 0 Å². The zero-order chi connectivity index (χ0) is 27.1. The van der Waals surface area contributed by atoms with Gasteiger partial charge >= 0.3 is 0 Å². The summed E-state index contributed by atoms with van der Waals surface area (Å²) >= 11 is 18.7. The number of anilines is 1. The largest absolute Gasteiger partial charge is 0.384 e. The van der Waals surface area contributed by atoms with Gasteiger partial charge in [-0.1, -0.05) is 71.2 Å². The van der Waals surface area contributed by atoms with Crippen molar-refractivity contribution >= 4 is 52.0 Å². The maximum absolute atomic E-state index is 13.9. The summed E-state index contributed by atoms with van der Waals surface area (Å²) in [6, 6.07) is 21.0.